The molecule has 80 valence electrons. The van der Waals surface area contributed by atoms with E-state index >= 15 is 0 Å². The molecular formula is C12H19ClO. The van der Waals surface area contributed by atoms with Gasteiger partial charge in [0.15, 0.2) is 0 Å². The van der Waals surface area contributed by atoms with E-state index in [-0.39, 0.29) is 0 Å². The van der Waals surface area contributed by atoms with Crippen molar-refractivity contribution in [1.29, 1.82) is 0 Å². The van der Waals surface area contributed by atoms with Crippen LogP contribution in [0.2, 0.25) is 5.02 Å². The van der Waals surface area contributed by atoms with E-state index in [1.165, 1.54) is 0 Å². The van der Waals surface area contributed by atoms with Crippen molar-refractivity contribution >= 4 is 11.6 Å². The summed E-state index contributed by atoms with van der Waals surface area (Å²) < 4.78 is 5.20. The number of hydrogen-bond donors (Lipinski definition) is 0. The molecular weight excluding hydrogens is 196 g/mol. The van der Waals surface area contributed by atoms with Crippen molar-refractivity contribution < 1.29 is 4.74 Å². The average Bonchev–Trinajstić information content (AvgIpc) is 2.20. The predicted molar refractivity (Wildman–Crippen MR) is 63.4 cm³/mol. The Kier molecular flexibility index (Phi) is 6.39. The third kappa shape index (κ3) is 3.59. The van der Waals surface area contributed by atoms with E-state index in [1.54, 1.807) is 7.11 Å². The number of halogens is 1. The lowest BCUT2D eigenvalue weighted by molar-refractivity contribution is 0.407. The summed E-state index contributed by atoms with van der Waals surface area (Å²) in [7, 11) is 1.68. The van der Waals surface area contributed by atoms with Crippen LogP contribution in [-0.4, -0.2) is 7.11 Å². The van der Waals surface area contributed by atoms with Crippen LogP contribution in [0.5, 0.6) is 5.75 Å². The van der Waals surface area contributed by atoms with Crippen molar-refractivity contribution in [3.8, 4) is 5.75 Å². The fraction of sp³-hybridized carbons (Fsp3) is 0.500. The molecule has 0 radical (unpaired) electrons. The van der Waals surface area contributed by atoms with Crippen molar-refractivity contribution in [2.24, 2.45) is 0 Å². The zero-order chi connectivity index (χ0) is 11.1. The van der Waals surface area contributed by atoms with Gasteiger partial charge in [0.1, 0.15) is 5.75 Å². The highest BCUT2D eigenvalue weighted by atomic mass is 35.5. The first-order valence-corrected chi connectivity index (χ1v) is 5.36. The molecule has 0 bridgehead atoms. The van der Waals surface area contributed by atoms with Gasteiger partial charge in [-0.3, -0.25) is 0 Å². The van der Waals surface area contributed by atoms with E-state index in [1.807, 2.05) is 32.0 Å². The zero-order valence-electron chi connectivity index (χ0n) is 9.60. The van der Waals surface area contributed by atoms with Crippen LogP contribution in [0, 0.1) is 0 Å². The molecule has 0 saturated carbocycles. The summed E-state index contributed by atoms with van der Waals surface area (Å²) in [6.07, 6.45) is 0. The third-order valence-corrected chi connectivity index (χ3v) is 2.05. The number of benzene rings is 1. The topological polar surface area (TPSA) is 9.23 Å². The molecule has 0 saturated heterocycles. The zero-order valence-corrected chi connectivity index (χ0v) is 10.4. The van der Waals surface area contributed by atoms with E-state index in [2.05, 4.69) is 13.8 Å². The minimum absolute atomic E-state index is 0.443. The van der Waals surface area contributed by atoms with Gasteiger partial charge < -0.3 is 4.74 Å². The average molecular weight is 215 g/mol. The standard InChI is InChI=1S/C10H13ClO.C2H6/c1-7(2)9-6-8(11)4-5-10(9)12-3;1-2/h4-7H,1-3H3;1-2H3. The van der Waals surface area contributed by atoms with Gasteiger partial charge >= 0.3 is 0 Å². The van der Waals surface area contributed by atoms with Crippen molar-refractivity contribution in [2.75, 3.05) is 7.11 Å². The minimum atomic E-state index is 0.443. The van der Waals surface area contributed by atoms with Gasteiger partial charge in [-0.2, -0.15) is 0 Å². The number of rotatable bonds is 2. The van der Waals surface area contributed by atoms with Crippen LogP contribution in [0.3, 0.4) is 0 Å². The Morgan fingerprint density at radius 1 is 1.21 bits per heavy atom. The Morgan fingerprint density at radius 2 is 1.79 bits per heavy atom. The van der Waals surface area contributed by atoms with Crippen molar-refractivity contribution in [2.45, 2.75) is 33.6 Å². The predicted octanol–water partition coefficient (Wildman–Crippen LogP) is 4.50. The molecule has 2 heteroatoms. The van der Waals surface area contributed by atoms with E-state index in [0.717, 1.165) is 16.3 Å². The van der Waals surface area contributed by atoms with Crippen LogP contribution in [0.25, 0.3) is 0 Å². The summed E-state index contributed by atoms with van der Waals surface area (Å²) >= 11 is 5.86. The van der Waals surface area contributed by atoms with Gasteiger partial charge in [0.05, 0.1) is 7.11 Å². The highest BCUT2D eigenvalue weighted by Gasteiger charge is 2.06. The molecule has 0 spiro atoms. The quantitative estimate of drug-likeness (QED) is 0.705. The number of ether oxygens (including phenoxy) is 1. The number of methoxy groups -OCH3 is 1. The van der Waals surface area contributed by atoms with Crippen LogP contribution in [0.15, 0.2) is 18.2 Å². The van der Waals surface area contributed by atoms with Crippen molar-refractivity contribution in [3.05, 3.63) is 28.8 Å². The van der Waals surface area contributed by atoms with Crippen LogP contribution >= 0.6 is 11.6 Å². The van der Waals surface area contributed by atoms with E-state index < -0.39 is 0 Å². The summed E-state index contributed by atoms with van der Waals surface area (Å²) in [5.74, 6) is 1.35. The van der Waals surface area contributed by atoms with Gasteiger partial charge in [0, 0.05) is 5.02 Å². The van der Waals surface area contributed by atoms with Crippen LogP contribution in [-0.2, 0) is 0 Å². The monoisotopic (exact) mass is 214 g/mol. The highest BCUT2D eigenvalue weighted by molar-refractivity contribution is 6.30. The Hall–Kier alpha value is -0.690. The van der Waals surface area contributed by atoms with Gasteiger partial charge in [0.25, 0.3) is 0 Å². The first-order valence-electron chi connectivity index (χ1n) is 4.98. The maximum atomic E-state index is 5.86. The summed E-state index contributed by atoms with van der Waals surface area (Å²) in [5, 5.41) is 0.763. The van der Waals surface area contributed by atoms with E-state index in [4.69, 9.17) is 16.3 Å². The Balaban J connectivity index is 0.000000791. The van der Waals surface area contributed by atoms with E-state index in [9.17, 15) is 0 Å². The molecule has 0 aliphatic heterocycles. The molecule has 1 aromatic rings. The second-order valence-electron chi connectivity index (χ2n) is 3.04. The molecule has 14 heavy (non-hydrogen) atoms. The molecule has 0 heterocycles. The Morgan fingerprint density at radius 3 is 2.21 bits per heavy atom. The summed E-state index contributed by atoms with van der Waals surface area (Å²) in [4.78, 5) is 0. The largest absolute Gasteiger partial charge is 0.496 e. The lowest BCUT2D eigenvalue weighted by Gasteiger charge is -2.11. The van der Waals surface area contributed by atoms with Crippen LogP contribution < -0.4 is 4.74 Å². The molecule has 0 fully saturated rings. The van der Waals surface area contributed by atoms with Gasteiger partial charge in [-0.25, -0.2) is 0 Å². The molecule has 0 atom stereocenters. The smallest absolute Gasteiger partial charge is 0.122 e. The van der Waals surface area contributed by atoms with Gasteiger partial charge in [-0.05, 0) is 29.7 Å². The van der Waals surface area contributed by atoms with Crippen LogP contribution in [0.1, 0.15) is 39.2 Å². The first kappa shape index (κ1) is 13.3. The molecule has 0 unspecified atom stereocenters. The normalized spacial score (nSPS) is 9.36. The second kappa shape index (κ2) is 6.72. The summed E-state index contributed by atoms with van der Waals surface area (Å²) in [5.41, 5.74) is 1.16. The SMILES string of the molecule is CC.COc1ccc(Cl)cc1C(C)C. The maximum absolute atomic E-state index is 5.86. The molecule has 1 nitrogen and oxygen atoms in total. The molecule has 1 rings (SSSR count). The Bertz CT molecular complexity index is 269. The van der Waals surface area contributed by atoms with Crippen molar-refractivity contribution in [1.82, 2.24) is 0 Å². The first-order chi connectivity index (χ1) is 6.65. The van der Waals surface area contributed by atoms with Gasteiger partial charge in [-0.15, -0.1) is 0 Å². The minimum Gasteiger partial charge on any atom is -0.496 e. The summed E-state index contributed by atoms with van der Waals surface area (Å²) in [6.45, 7) is 8.24. The molecule has 0 aromatic heterocycles. The molecule has 0 aliphatic carbocycles. The van der Waals surface area contributed by atoms with Crippen LogP contribution in [0.4, 0.5) is 0 Å². The van der Waals surface area contributed by atoms with Crippen molar-refractivity contribution in [3.63, 3.8) is 0 Å². The fourth-order valence-electron chi connectivity index (χ4n) is 1.16. The highest BCUT2D eigenvalue weighted by Crippen LogP contribution is 2.28. The van der Waals surface area contributed by atoms with E-state index in [0.29, 0.717) is 5.92 Å². The lowest BCUT2D eigenvalue weighted by Crippen LogP contribution is -1.93. The Labute approximate surface area is 92.0 Å². The molecule has 1 aromatic carbocycles. The third-order valence-electron chi connectivity index (χ3n) is 1.81. The fourth-order valence-corrected chi connectivity index (χ4v) is 1.34. The van der Waals surface area contributed by atoms with Gasteiger partial charge in [-0.1, -0.05) is 39.3 Å². The second-order valence-corrected chi connectivity index (χ2v) is 3.48. The molecule has 0 aliphatic rings. The van der Waals surface area contributed by atoms with Gasteiger partial charge in [0.2, 0.25) is 0 Å². The molecule has 0 amide bonds. The number of hydrogen-bond acceptors (Lipinski definition) is 1. The molecule has 0 N–H and O–H groups in total. The maximum Gasteiger partial charge on any atom is 0.122 e. The lowest BCUT2D eigenvalue weighted by atomic mass is 10.0. The summed E-state index contributed by atoms with van der Waals surface area (Å²) in [6, 6.07) is 5.69.